The first-order chi connectivity index (χ1) is 11.5. The van der Waals surface area contributed by atoms with Gasteiger partial charge in [0.25, 0.3) is 0 Å². The second-order valence-corrected chi connectivity index (χ2v) is 4.60. The van der Waals surface area contributed by atoms with Gasteiger partial charge in [0.2, 0.25) is 0 Å². The Morgan fingerprint density at radius 2 is 1.71 bits per heavy atom. The normalized spacial score (nSPS) is 10.0. The van der Waals surface area contributed by atoms with Gasteiger partial charge >= 0.3 is 11.7 Å². The summed E-state index contributed by atoms with van der Waals surface area (Å²) in [6.07, 6.45) is 0. The molecule has 0 saturated heterocycles. The Hall–Kier alpha value is -3.29. The lowest BCUT2D eigenvalue weighted by Crippen LogP contribution is -2.19. The summed E-state index contributed by atoms with van der Waals surface area (Å²) < 4.78 is 22.5. The van der Waals surface area contributed by atoms with Crippen molar-refractivity contribution in [1.82, 2.24) is 0 Å². The topological polar surface area (TPSA) is 95.7 Å². The number of benzene rings is 2. The molecule has 2 aromatic rings. The molecule has 7 nitrogen and oxygen atoms in total. The number of rotatable bonds is 7. The van der Waals surface area contributed by atoms with Crippen LogP contribution in [0.4, 0.5) is 10.1 Å². The van der Waals surface area contributed by atoms with E-state index in [1.54, 1.807) is 0 Å². The van der Waals surface area contributed by atoms with Crippen molar-refractivity contribution in [2.24, 2.45) is 0 Å². The van der Waals surface area contributed by atoms with Gasteiger partial charge in [-0.25, -0.2) is 9.18 Å². The molecule has 2 rings (SSSR count). The fourth-order valence-electron chi connectivity index (χ4n) is 1.77. The van der Waals surface area contributed by atoms with E-state index >= 15 is 0 Å². The predicted octanol–water partition coefficient (Wildman–Crippen LogP) is 2.54. The molecule has 0 aliphatic heterocycles. The number of hydrogen-bond donors (Lipinski definition) is 0. The number of Topliss-reactive ketones (excluding diaryl/α,β-unsaturated/α-hetero) is 1. The van der Waals surface area contributed by atoms with E-state index in [4.69, 9.17) is 9.47 Å². The Morgan fingerprint density at radius 3 is 2.38 bits per heavy atom. The second-order valence-electron chi connectivity index (χ2n) is 4.60. The van der Waals surface area contributed by atoms with Crippen molar-refractivity contribution >= 4 is 17.4 Å². The number of halogens is 1. The summed E-state index contributed by atoms with van der Waals surface area (Å²) in [5.74, 6) is -1.93. The van der Waals surface area contributed by atoms with E-state index in [-0.39, 0.29) is 17.0 Å². The average molecular weight is 333 g/mol. The molecular formula is C16H12FNO6. The highest BCUT2D eigenvalue weighted by molar-refractivity contribution is 5.97. The molecule has 24 heavy (non-hydrogen) atoms. The van der Waals surface area contributed by atoms with E-state index in [9.17, 15) is 24.1 Å². The lowest BCUT2D eigenvalue weighted by Gasteiger charge is -2.07. The first-order valence-corrected chi connectivity index (χ1v) is 6.78. The van der Waals surface area contributed by atoms with Crippen molar-refractivity contribution in [1.29, 1.82) is 0 Å². The van der Waals surface area contributed by atoms with Gasteiger partial charge in [0.05, 0.1) is 4.92 Å². The van der Waals surface area contributed by atoms with Crippen molar-refractivity contribution in [3.05, 3.63) is 70.0 Å². The van der Waals surface area contributed by atoms with Crippen LogP contribution in [0.25, 0.3) is 0 Å². The van der Waals surface area contributed by atoms with Crippen LogP contribution in [-0.2, 0) is 9.53 Å². The minimum atomic E-state index is -0.858. The zero-order chi connectivity index (χ0) is 17.5. The number of nitrogens with zero attached hydrogens (tertiary/aromatic N) is 1. The second kappa shape index (κ2) is 7.82. The average Bonchev–Trinajstić information content (AvgIpc) is 2.58. The lowest BCUT2D eigenvalue weighted by molar-refractivity contribution is -0.385. The zero-order valence-electron chi connectivity index (χ0n) is 12.3. The molecule has 0 spiro atoms. The van der Waals surface area contributed by atoms with Gasteiger partial charge in [-0.1, -0.05) is 12.1 Å². The van der Waals surface area contributed by atoms with Crippen LogP contribution in [0.5, 0.6) is 5.75 Å². The smallest absolute Gasteiger partial charge is 0.344 e. The molecule has 0 radical (unpaired) electrons. The quantitative estimate of drug-likeness (QED) is 0.334. The maximum absolute atomic E-state index is 12.8. The van der Waals surface area contributed by atoms with E-state index in [0.29, 0.717) is 0 Å². The number of ether oxygens (including phenoxy) is 2. The summed E-state index contributed by atoms with van der Waals surface area (Å²) in [7, 11) is 0. The molecule has 8 heteroatoms. The summed E-state index contributed by atoms with van der Waals surface area (Å²) in [6.45, 7) is -1.12. The van der Waals surface area contributed by atoms with Gasteiger partial charge in [-0.3, -0.25) is 14.9 Å². The van der Waals surface area contributed by atoms with Gasteiger partial charge in [-0.05, 0) is 30.3 Å². The van der Waals surface area contributed by atoms with E-state index < -0.39 is 35.7 Å². The number of hydrogen-bond acceptors (Lipinski definition) is 6. The van der Waals surface area contributed by atoms with Gasteiger partial charge in [-0.2, -0.15) is 0 Å². The van der Waals surface area contributed by atoms with Crippen molar-refractivity contribution in [2.75, 3.05) is 13.2 Å². The number of esters is 1. The fraction of sp³-hybridized carbons (Fsp3) is 0.125. The van der Waals surface area contributed by atoms with Crippen molar-refractivity contribution in [2.45, 2.75) is 0 Å². The van der Waals surface area contributed by atoms with Crippen molar-refractivity contribution in [3.63, 3.8) is 0 Å². The number of nitro benzene ring substituents is 1. The summed E-state index contributed by atoms with van der Waals surface area (Å²) in [4.78, 5) is 33.5. The number of carbonyl (C=O) groups is 2. The van der Waals surface area contributed by atoms with Gasteiger partial charge in [0, 0.05) is 11.6 Å². The fourth-order valence-corrected chi connectivity index (χ4v) is 1.77. The van der Waals surface area contributed by atoms with E-state index in [0.717, 1.165) is 12.1 Å². The van der Waals surface area contributed by atoms with Crippen LogP contribution < -0.4 is 4.74 Å². The van der Waals surface area contributed by atoms with Crippen molar-refractivity contribution < 1.29 is 28.4 Å². The van der Waals surface area contributed by atoms with Crippen LogP contribution in [-0.4, -0.2) is 29.9 Å². The summed E-state index contributed by atoms with van der Waals surface area (Å²) >= 11 is 0. The van der Waals surface area contributed by atoms with Crippen LogP contribution in [0.15, 0.2) is 48.5 Å². The third kappa shape index (κ3) is 4.60. The van der Waals surface area contributed by atoms with Gasteiger partial charge < -0.3 is 9.47 Å². The summed E-state index contributed by atoms with van der Waals surface area (Å²) in [5.41, 5.74) is -0.0866. The highest BCUT2D eigenvalue weighted by Gasteiger charge is 2.16. The van der Waals surface area contributed by atoms with Crippen LogP contribution in [0.3, 0.4) is 0 Å². The number of ketones is 1. The van der Waals surface area contributed by atoms with Gasteiger partial charge in [0.1, 0.15) is 5.82 Å². The number of para-hydroxylation sites is 2. The van der Waals surface area contributed by atoms with Crippen LogP contribution in [0, 0.1) is 15.9 Å². The molecule has 0 aromatic heterocycles. The van der Waals surface area contributed by atoms with Crippen molar-refractivity contribution in [3.8, 4) is 5.75 Å². The monoisotopic (exact) mass is 333 g/mol. The maximum Gasteiger partial charge on any atom is 0.344 e. The third-order valence-corrected chi connectivity index (χ3v) is 2.94. The SMILES string of the molecule is O=C(COc1ccccc1[N+](=O)[O-])OCC(=O)c1ccc(F)cc1. The number of nitro groups is 1. The summed E-state index contributed by atoms with van der Waals surface area (Å²) in [5, 5.41) is 10.8. The molecule has 0 bridgehead atoms. The van der Waals surface area contributed by atoms with Crippen LogP contribution >= 0.6 is 0 Å². The largest absolute Gasteiger partial charge is 0.475 e. The highest BCUT2D eigenvalue weighted by Crippen LogP contribution is 2.25. The summed E-state index contributed by atoms with van der Waals surface area (Å²) in [6, 6.07) is 10.3. The van der Waals surface area contributed by atoms with E-state index in [1.807, 2.05) is 0 Å². The van der Waals surface area contributed by atoms with Gasteiger partial charge in [-0.15, -0.1) is 0 Å². The Kier molecular flexibility index (Phi) is 5.56. The molecule has 0 N–H and O–H groups in total. The number of carbonyl (C=O) groups excluding carboxylic acids is 2. The maximum atomic E-state index is 12.8. The zero-order valence-corrected chi connectivity index (χ0v) is 12.3. The molecule has 0 fully saturated rings. The lowest BCUT2D eigenvalue weighted by atomic mass is 10.1. The minimum Gasteiger partial charge on any atom is -0.475 e. The molecule has 0 saturated carbocycles. The molecule has 0 unspecified atom stereocenters. The Labute approximate surface area is 135 Å². The Balaban J connectivity index is 1.85. The molecule has 0 aliphatic rings. The van der Waals surface area contributed by atoms with E-state index in [2.05, 4.69) is 0 Å². The molecule has 124 valence electrons. The highest BCUT2D eigenvalue weighted by atomic mass is 19.1. The minimum absolute atomic E-state index is 0.0793. The first kappa shape index (κ1) is 17.1. The van der Waals surface area contributed by atoms with Gasteiger partial charge in [0.15, 0.2) is 24.7 Å². The van der Waals surface area contributed by atoms with E-state index in [1.165, 1.54) is 36.4 Å². The standard InChI is InChI=1S/C16H12FNO6/c17-12-7-5-11(6-8-12)14(19)9-24-16(20)10-23-15-4-2-1-3-13(15)18(21)22/h1-8H,9-10H2. The molecular weight excluding hydrogens is 321 g/mol. The molecule has 0 heterocycles. The first-order valence-electron chi connectivity index (χ1n) is 6.78. The third-order valence-electron chi connectivity index (χ3n) is 2.94. The van der Waals surface area contributed by atoms with Crippen LogP contribution in [0.2, 0.25) is 0 Å². The molecule has 0 amide bonds. The molecule has 0 aliphatic carbocycles. The predicted molar refractivity (Wildman–Crippen MR) is 80.3 cm³/mol. The Morgan fingerprint density at radius 1 is 1.04 bits per heavy atom. The Bertz CT molecular complexity index is 759. The molecule has 0 atom stereocenters. The van der Waals surface area contributed by atoms with Crippen LogP contribution in [0.1, 0.15) is 10.4 Å². The molecule has 2 aromatic carbocycles.